The summed E-state index contributed by atoms with van der Waals surface area (Å²) in [4.78, 5) is 20.6. The molecule has 0 aliphatic heterocycles. The van der Waals surface area contributed by atoms with Gasteiger partial charge in [-0.25, -0.2) is 19.9 Å². The zero-order valence-electron chi connectivity index (χ0n) is 50.7. The van der Waals surface area contributed by atoms with Crippen molar-refractivity contribution in [2.24, 2.45) is 0 Å². The molecule has 0 aliphatic rings. The van der Waals surface area contributed by atoms with Gasteiger partial charge in [-0.2, -0.15) is 0 Å². The van der Waals surface area contributed by atoms with E-state index in [4.69, 9.17) is 28.8 Å². The summed E-state index contributed by atoms with van der Waals surface area (Å²) in [6.45, 7) is 0. The van der Waals surface area contributed by atoms with E-state index in [1.807, 2.05) is 84.9 Å². The van der Waals surface area contributed by atoms with Crippen LogP contribution in [0.15, 0.2) is 336 Å². The van der Waals surface area contributed by atoms with Crippen LogP contribution in [0.25, 0.3) is 178 Å². The number of rotatable bonds is 9. The summed E-state index contributed by atoms with van der Waals surface area (Å²) in [7, 11) is 0. The molecule has 8 heteroatoms. The van der Waals surface area contributed by atoms with Gasteiger partial charge in [0, 0.05) is 55.2 Å². The lowest BCUT2D eigenvalue weighted by molar-refractivity contribution is 0.667. The Morgan fingerprint density at radius 3 is 1.00 bits per heavy atom. The number of benzene rings is 13. The number of furan rings is 2. The molecule has 0 atom stereocenters. The van der Waals surface area contributed by atoms with Crippen molar-refractivity contribution < 1.29 is 8.83 Å². The molecule has 13 aromatic carbocycles. The number of fused-ring (bicyclic) bond motifs is 12. The summed E-state index contributed by atoms with van der Waals surface area (Å²) < 4.78 is 18.0. The predicted molar refractivity (Wildman–Crippen MR) is 385 cm³/mol. The average molecular weight is 1200 g/mol. The highest BCUT2D eigenvalue weighted by Crippen LogP contribution is 2.44. The van der Waals surface area contributed by atoms with Crippen LogP contribution in [0.2, 0.25) is 0 Å². The summed E-state index contributed by atoms with van der Waals surface area (Å²) in [5.74, 6) is 1.34. The fraction of sp³-hybridized carbons (Fsp3) is 0. The summed E-state index contributed by atoms with van der Waals surface area (Å²) in [5, 5.41) is 6.93. The monoisotopic (exact) mass is 1200 g/mol. The molecule has 0 fully saturated rings. The van der Waals surface area contributed by atoms with Gasteiger partial charge in [0.15, 0.2) is 22.8 Å². The highest BCUT2D eigenvalue weighted by Gasteiger charge is 2.24. The van der Waals surface area contributed by atoms with Gasteiger partial charge in [0.1, 0.15) is 33.6 Å². The quantitative estimate of drug-likeness (QED) is 0.143. The molecule has 0 amide bonds. The van der Waals surface area contributed by atoms with E-state index in [2.05, 4.69) is 252 Å². The zero-order valence-corrected chi connectivity index (χ0v) is 50.7. The van der Waals surface area contributed by atoms with Crippen LogP contribution in [0, 0.1) is 0 Å². The Labute approximate surface area is 540 Å². The van der Waals surface area contributed by atoms with Crippen molar-refractivity contribution in [3.05, 3.63) is 328 Å². The van der Waals surface area contributed by atoms with Crippen LogP contribution < -0.4 is 0 Å². The second-order valence-electron chi connectivity index (χ2n) is 23.6. The van der Waals surface area contributed by atoms with Crippen molar-refractivity contribution in [2.75, 3.05) is 0 Å². The Balaban J connectivity index is 0.000000139. The first-order chi connectivity index (χ1) is 46.6. The third-order valence-corrected chi connectivity index (χ3v) is 18.0. The van der Waals surface area contributed by atoms with Gasteiger partial charge in [0.2, 0.25) is 0 Å². The van der Waals surface area contributed by atoms with Crippen LogP contribution in [-0.4, -0.2) is 29.1 Å². The maximum Gasteiger partial charge on any atom is 0.180 e. The fourth-order valence-electron chi connectivity index (χ4n) is 13.8. The van der Waals surface area contributed by atoms with Gasteiger partial charge < -0.3 is 18.0 Å². The Bertz CT molecular complexity index is 6000. The maximum atomic E-state index is 6.72. The van der Waals surface area contributed by atoms with E-state index in [9.17, 15) is 0 Å². The highest BCUT2D eigenvalue weighted by atomic mass is 16.3. The molecule has 6 aromatic heterocycles. The summed E-state index contributed by atoms with van der Waals surface area (Å²) in [6.07, 6.45) is 0. The van der Waals surface area contributed by atoms with Gasteiger partial charge in [0.25, 0.3) is 0 Å². The maximum absolute atomic E-state index is 6.72. The van der Waals surface area contributed by atoms with Crippen molar-refractivity contribution in [3.8, 4) is 90.0 Å². The van der Waals surface area contributed by atoms with E-state index in [0.717, 1.165) is 111 Å². The molecular formula is C86H54N6O2. The summed E-state index contributed by atoms with van der Waals surface area (Å²) in [5.41, 5.74) is 23.5. The van der Waals surface area contributed by atoms with Crippen LogP contribution in [0.1, 0.15) is 0 Å². The van der Waals surface area contributed by atoms with Gasteiger partial charge in [-0.1, -0.05) is 261 Å². The first kappa shape index (κ1) is 54.2. The van der Waals surface area contributed by atoms with Gasteiger partial charge in [-0.15, -0.1) is 0 Å². The van der Waals surface area contributed by atoms with E-state index >= 15 is 0 Å². The number of para-hydroxylation sites is 4. The highest BCUT2D eigenvalue weighted by molar-refractivity contribution is 6.16. The summed E-state index contributed by atoms with van der Waals surface area (Å²) in [6, 6.07) is 114. The van der Waals surface area contributed by atoms with Gasteiger partial charge >= 0.3 is 0 Å². The van der Waals surface area contributed by atoms with Crippen molar-refractivity contribution in [2.45, 2.75) is 0 Å². The molecule has 0 aliphatic carbocycles. The number of nitrogens with zero attached hydrogens (tertiary/aromatic N) is 6. The Hall–Kier alpha value is -12.8. The van der Waals surface area contributed by atoms with Gasteiger partial charge in [-0.05, 0) is 100 Å². The lowest BCUT2D eigenvalue weighted by Gasteiger charge is -2.11. The second-order valence-corrected chi connectivity index (χ2v) is 23.6. The molecule has 0 saturated heterocycles. The summed E-state index contributed by atoms with van der Waals surface area (Å²) >= 11 is 0. The van der Waals surface area contributed by atoms with E-state index < -0.39 is 0 Å². The smallest absolute Gasteiger partial charge is 0.180 e. The molecule has 8 nitrogen and oxygen atoms in total. The number of hydrogen-bond donors (Lipinski definition) is 0. The lowest BCUT2D eigenvalue weighted by Crippen LogP contribution is -1.95. The molecule has 19 aromatic rings. The minimum atomic E-state index is 0.662. The zero-order chi connectivity index (χ0) is 62.1. The van der Waals surface area contributed by atoms with Crippen molar-refractivity contribution in [3.63, 3.8) is 0 Å². The molecule has 0 radical (unpaired) electrons. The van der Waals surface area contributed by atoms with E-state index in [0.29, 0.717) is 22.8 Å². The average Bonchev–Trinajstić information content (AvgIpc) is 1.63. The first-order valence-electron chi connectivity index (χ1n) is 31.6. The standard InChI is InChI=1S/C46H29N3O.C40H25N3O/c1-3-14-30(15-4-1)32-18-11-20-34(28-32)43-45-44(48-46(47-43)31-16-5-2-6-17-31)42-36(24-13-27-41(42)50-45)33-19-12-21-35(29-33)49-39-25-9-7-22-37(39)38-23-8-10-26-40(38)49;1-3-13-26(14-4-1)37-39-38(42-40(41-37)27-15-5-2-6-16-27)36-30(21-12-24-35(36)44-39)28-17-11-18-29(25-28)43-33-22-9-7-19-31(33)32-20-8-10-23-34(32)43/h1-29H;1-25H. The number of aromatic nitrogens is 6. The fourth-order valence-corrected chi connectivity index (χ4v) is 13.8. The van der Waals surface area contributed by atoms with E-state index in [-0.39, 0.29) is 0 Å². The predicted octanol–water partition coefficient (Wildman–Crippen LogP) is 22.6. The molecule has 19 rings (SSSR count). The van der Waals surface area contributed by atoms with E-state index in [1.165, 1.54) is 43.6 Å². The van der Waals surface area contributed by atoms with Crippen molar-refractivity contribution in [1.29, 1.82) is 0 Å². The van der Waals surface area contributed by atoms with Gasteiger partial charge in [0.05, 0.1) is 32.8 Å². The third kappa shape index (κ3) is 9.22. The molecule has 0 N–H and O–H groups in total. The van der Waals surface area contributed by atoms with Crippen LogP contribution in [0.3, 0.4) is 0 Å². The van der Waals surface area contributed by atoms with Crippen LogP contribution in [-0.2, 0) is 0 Å². The van der Waals surface area contributed by atoms with Crippen molar-refractivity contribution >= 4 is 87.7 Å². The SMILES string of the molecule is c1ccc(-c2cccc(-c3nc(-c4ccccc4)nc4c3oc3cccc(-c5cccc(-n6c7ccccc7c7ccccc76)c5)c34)c2)cc1.c1ccc(-c2nc(-c3ccccc3)c3oc4cccc(-c5cccc(-n6c7ccccc7c7ccccc76)c5)c4c3n2)cc1. The minimum Gasteiger partial charge on any atom is -0.452 e. The first-order valence-corrected chi connectivity index (χ1v) is 31.6. The molecule has 0 saturated carbocycles. The Morgan fingerprint density at radius 2 is 0.564 bits per heavy atom. The largest absolute Gasteiger partial charge is 0.452 e. The van der Waals surface area contributed by atoms with Crippen LogP contribution in [0.5, 0.6) is 0 Å². The molecule has 440 valence electrons. The number of hydrogen-bond acceptors (Lipinski definition) is 6. The lowest BCUT2D eigenvalue weighted by atomic mass is 9.99. The minimum absolute atomic E-state index is 0.662. The molecule has 0 unspecified atom stereocenters. The normalized spacial score (nSPS) is 11.6. The Kier molecular flexibility index (Phi) is 13.0. The van der Waals surface area contributed by atoms with Crippen LogP contribution >= 0.6 is 0 Å². The van der Waals surface area contributed by atoms with Crippen LogP contribution in [0.4, 0.5) is 0 Å². The molecule has 0 bridgehead atoms. The van der Waals surface area contributed by atoms with E-state index in [1.54, 1.807) is 0 Å². The Morgan fingerprint density at radius 1 is 0.234 bits per heavy atom. The molecule has 94 heavy (non-hydrogen) atoms. The topological polar surface area (TPSA) is 87.7 Å². The molecule has 6 heterocycles. The molecule has 0 spiro atoms. The third-order valence-electron chi connectivity index (χ3n) is 18.0. The second kappa shape index (κ2) is 22.6. The van der Waals surface area contributed by atoms with Gasteiger partial charge in [-0.3, -0.25) is 0 Å². The molecular weight excluding hydrogens is 1150 g/mol. The van der Waals surface area contributed by atoms with Crippen molar-refractivity contribution in [1.82, 2.24) is 29.1 Å².